The second-order valence-corrected chi connectivity index (χ2v) is 11.2. The molecule has 3 aromatic carbocycles. The third-order valence-electron chi connectivity index (χ3n) is 8.18. The zero-order valence-corrected chi connectivity index (χ0v) is 25.6. The maximum absolute atomic E-state index is 14.2. The number of nitrogens with one attached hydrogen (secondary N) is 1. The van der Waals surface area contributed by atoms with Gasteiger partial charge in [0.1, 0.15) is 18.4 Å². The second-order valence-electron chi connectivity index (χ2n) is 11.2. The van der Waals surface area contributed by atoms with E-state index in [-0.39, 0.29) is 37.7 Å². The third-order valence-corrected chi connectivity index (χ3v) is 8.18. The molecular formula is C33H35FN6O6. The van der Waals surface area contributed by atoms with E-state index in [9.17, 15) is 14.0 Å². The topological polar surface area (TPSA) is 130 Å². The molecule has 2 heterocycles. The Balaban J connectivity index is 1.32. The molecule has 1 atom stereocenters. The molecule has 0 unspecified atom stereocenters. The quantitative estimate of drug-likeness (QED) is 0.256. The number of aromatic nitrogens is 4. The molecule has 0 radical (unpaired) electrons. The van der Waals surface area contributed by atoms with E-state index in [0.29, 0.717) is 39.7 Å². The monoisotopic (exact) mass is 630 g/mol. The fourth-order valence-electron chi connectivity index (χ4n) is 5.82. The van der Waals surface area contributed by atoms with Crippen LogP contribution in [0.2, 0.25) is 0 Å². The van der Waals surface area contributed by atoms with Crippen LogP contribution in [0, 0.1) is 5.82 Å². The summed E-state index contributed by atoms with van der Waals surface area (Å²) in [6.45, 7) is -0.157. The van der Waals surface area contributed by atoms with Gasteiger partial charge in [0.15, 0.2) is 23.0 Å². The molecule has 46 heavy (non-hydrogen) atoms. The summed E-state index contributed by atoms with van der Waals surface area (Å²) in [6, 6.07) is 15.1. The van der Waals surface area contributed by atoms with Crippen molar-refractivity contribution in [3.8, 4) is 34.4 Å². The van der Waals surface area contributed by atoms with E-state index in [1.54, 1.807) is 37.4 Å². The molecule has 12 nitrogen and oxygen atoms in total. The van der Waals surface area contributed by atoms with Crippen LogP contribution in [-0.2, 0) is 22.7 Å². The second kappa shape index (κ2) is 13.8. The number of rotatable bonds is 11. The Morgan fingerprint density at radius 1 is 0.978 bits per heavy atom. The number of hydrogen-bond acceptors (Lipinski definition) is 9. The molecule has 1 aromatic heterocycles. The minimum Gasteiger partial charge on any atom is -0.493 e. The predicted octanol–water partition coefficient (Wildman–Crippen LogP) is 4.44. The Morgan fingerprint density at radius 3 is 2.50 bits per heavy atom. The number of fused-ring (bicyclic) bond motifs is 1. The highest BCUT2D eigenvalue weighted by Crippen LogP contribution is 2.34. The van der Waals surface area contributed by atoms with E-state index in [0.717, 1.165) is 32.1 Å². The summed E-state index contributed by atoms with van der Waals surface area (Å²) >= 11 is 0. The number of tetrazole rings is 1. The average molecular weight is 631 g/mol. The molecule has 1 fully saturated rings. The van der Waals surface area contributed by atoms with Crippen LogP contribution < -0.4 is 24.3 Å². The Bertz CT molecular complexity index is 1690. The van der Waals surface area contributed by atoms with Crippen molar-refractivity contribution >= 4 is 11.8 Å². The fraction of sp³-hybridized carbons (Fsp3) is 0.364. The molecule has 6 rings (SSSR count). The number of nitrogens with zero attached hydrogens (tertiary/aromatic N) is 5. The Morgan fingerprint density at radius 2 is 1.74 bits per heavy atom. The Labute approximate surface area is 265 Å². The molecule has 13 heteroatoms. The molecule has 0 bridgehead atoms. The molecule has 4 aromatic rings. The molecule has 1 saturated carbocycles. The lowest BCUT2D eigenvalue weighted by molar-refractivity contribution is -0.142. The van der Waals surface area contributed by atoms with Gasteiger partial charge in [-0.15, -0.1) is 10.2 Å². The van der Waals surface area contributed by atoms with Crippen LogP contribution in [0.25, 0.3) is 11.4 Å². The highest BCUT2D eigenvalue weighted by atomic mass is 19.1. The number of carbonyl (C=O) groups excluding carboxylic acids is 2. The summed E-state index contributed by atoms with van der Waals surface area (Å²) in [4.78, 5) is 30.9. The van der Waals surface area contributed by atoms with Crippen LogP contribution in [0.15, 0.2) is 60.7 Å². The van der Waals surface area contributed by atoms with Gasteiger partial charge in [-0.2, -0.15) is 4.80 Å². The lowest BCUT2D eigenvalue weighted by Crippen LogP contribution is -2.47. The first-order valence-electron chi connectivity index (χ1n) is 15.2. The van der Waals surface area contributed by atoms with Crippen molar-refractivity contribution in [1.82, 2.24) is 30.4 Å². The van der Waals surface area contributed by atoms with Crippen molar-refractivity contribution < 1.29 is 32.9 Å². The maximum atomic E-state index is 14.2. The zero-order chi connectivity index (χ0) is 32.0. The SMILES string of the molecule is COc1ccc(-c2nnn(CC(=O)N(Cc3ccc4c(c3)OCO4)[C@H](C(=O)NC3CCCCC3)c3ccc(F)cc3)n2)cc1OC. The smallest absolute Gasteiger partial charge is 0.247 e. The van der Waals surface area contributed by atoms with Gasteiger partial charge < -0.3 is 29.2 Å². The van der Waals surface area contributed by atoms with Gasteiger partial charge in [-0.3, -0.25) is 9.59 Å². The van der Waals surface area contributed by atoms with Crippen molar-refractivity contribution in [2.24, 2.45) is 0 Å². The highest BCUT2D eigenvalue weighted by Gasteiger charge is 2.34. The molecule has 2 aliphatic rings. The van der Waals surface area contributed by atoms with E-state index < -0.39 is 17.8 Å². The van der Waals surface area contributed by atoms with Gasteiger partial charge in [-0.1, -0.05) is 37.5 Å². The molecule has 1 aliphatic heterocycles. The summed E-state index contributed by atoms with van der Waals surface area (Å²) in [5, 5.41) is 15.9. The summed E-state index contributed by atoms with van der Waals surface area (Å²) < 4.78 is 35.8. The number of benzene rings is 3. The van der Waals surface area contributed by atoms with Gasteiger partial charge in [0.05, 0.1) is 14.2 Å². The molecule has 1 aliphatic carbocycles. The van der Waals surface area contributed by atoms with Crippen LogP contribution in [0.5, 0.6) is 23.0 Å². The summed E-state index contributed by atoms with van der Waals surface area (Å²) in [6.07, 6.45) is 4.89. The minimum absolute atomic E-state index is 0.00674. The Hall–Kier alpha value is -5.20. The molecular weight excluding hydrogens is 595 g/mol. The van der Waals surface area contributed by atoms with E-state index in [1.807, 2.05) is 6.07 Å². The van der Waals surface area contributed by atoms with Crippen LogP contribution in [0.4, 0.5) is 4.39 Å². The number of hydrogen-bond donors (Lipinski definition) is 1. The van der Waals surface area contributed by atoms with E-state index in [1.165, 1.54) is 41.1 Å². The minimum atomic E-state index is -1.06. The molecule has 240 valence electrons. The van der Waals surface area contributed by atoms with E-state index >= 15 is 0 Å². The number of methoxy groups -OCH3 is 2. The van der Waals surface area contributed by atoms with Crippen LogP contribution in [0.3, 0.4) is 0 Å². The largest absolute Gasteiger partial charge is 0.493 e. The van der Waals surface area contributed by atoms with Gasteiger partial charge in [0.25, 0.3) is 0 Å². The van der Waals surface area contributed by atoms with Crippen LogP contribution >= 0.6 is 0 Å². The van der Waals surface area contributed by atoms with Crippen molar-refractivity contribution in [1.29, 1.82) is 0 Å². The third kappa shape index (κ3) is 6.87. The number of halogens is 1. The maximum Gasteiger partial charge on any atom is 0.247 e. The standard InChI is InChI=1S/C33H35FN6O6/c1-43-26-15-11-23(17-28(26)44-2)32-36-38-40(37-32)19-30(41)39(18-21-8-14-27-29(16-21)46-20-45-27)31(22-9-12-24(34)13-10-22)33(42)35-25-6-4-3-5-7-25/h8-17,25,31H,3-7,18-20H2,1-2H3,(H,35,42)/t31-/m0/s1. The molecule has 2 amide bonds. The van der Waals surface area contributed by atoms with Gasteiger partial charge in [0.2, 0.25) is 24.4 Å². The molecule has 0 saturated heterocycles. The zero-order valence-electron chi connectivity index (χ0n) is 25.6. The van der Waals surface area contributed by atoms with Gasteiger partial charge >= 0.3 is 0 Å². The first-order chi connectivity index (χ1) is 22.4. The summed E-state index contributed by atoms with van der Waals surface area (Å²) in [5.74, 6) is 1.24. The number of amides is 2. The average Bonchev–Trinajstić information content (AvgIpc) is 3.75. The normalized spacial score (nSPS) is 14.8. The number of ether oxygens (including phenoxy) is 4. The van der Waals surface area contributed by atoms with Crippen LogP contribution in [-0.4, -0.2) is 64.0 Å². The predicted molar refractivity (Wildman–Crippen MR) is 164 cm³/mol. The number of carbonyl (C=O) groups is 2. The fourth-order valence-corrected chi connectivity index (χ4v) is 5.82. The summed E-state index contributed by atoms with van der Waals surface area (Å²) in [5.41, 5.74) is 1.80. The van der Waals surface area contributed by atoms with Crippen molar-refractivity contribution in [2.75, 3.05) is 21.0 Å². The van der Waals surface area contributed by atoms with E-state index in [4.69, 9.17) is 18.9 Å². The van der Waals surface area contributed by atoms with Crippen LogP contribution in [0.1, 0.15) is 49.3 Å². The lowest BCUT2D eigenvalue weighted by atomic mass is 9.94. The summed E-state index contributed by atoms with van der Waals surface area (Å²) in [7, 11) is 3.07. The highest BCUT2D eigenvalue weighted by molar-refractivity contribution is 5.89. The first kappa shape index (κ1) is 30.8. The van der Waals surface area contributed by atoms with E-state index in [2.05, 4.69) is 20.7 Å². The molecule has 0 spiro atoms. The molecule has 1 N–H and O–H groups in total. The van der Waals surface area contributed by atoms with Gasteiger partial charge in [0, 0.05) is 18.2 Å². The first-order valence-corrected chi connectivity index (χ1v) is 15.2. The van der Waals surface area contributed by atoms with Crippen molar-refractivity contribution in [3.05, 3.63) is 77.6 Å². The van der Waals surface area contributed by atoms with Gasteiger partial charge in [-0.05, 0) is 71.6 Å². The van der Waals surface area contributed by atoms with Crippen molar-refractivity contribution in [2.45, 2.75) is 57.3 Å². The Kier molecular flexibility index (Phi) is 9.27. The van der Waals surface area contributed by atoms with Gasteiger partial charge in [-0.25, -0.2) is 4.39 Å². The lowest BCUT2D eigenvalue weighted by Gasteiger charge is -2.33. The van der Waals surface area contributed by atoms with Crippen molar-refractivity contribution in [3.63, 3.8) is 0 Å².